The summed E-state index contributed by atoms with van der Waals surface area (Å²) in [7, 11) is 0. The molecule has 1 aromatic heterocycles. The van der Waals surface area contributed by atoms with Crippen molar-refractivity contribution in [1.29, 1.82) is 5.26 Å². The number of ether oxygens (including phenoxy) is 1. The summed E-state index contributed by atoms with van der Waals surface area (Å²) in [6.45, 7) is 3.77. The summed E-state index contributed by atoms with van der Waals surface area (Å²) in [4.78, 5) is 15.9. The zero-order valence-corrected chi connectivity index (χ0v) is 19.2. The summed E-state index contributed by atoms with van der Waals surface area (Å²) >= 11 is 12.1. The third-order valence-electron chi connectivity index (χ3n) is 5.23. The van der Waals surface area contributed by atoms with Crippen LogP contribution in [0.4, 0.5) is 4.39 Å². The Morgan fingerprint density at radius 2 is 1.94 bits per heavy atom. The molecule has 0 fully saturated rings. The summed E-state index contributed by atoms with van der Waals surface area (Å²) < 4.78 is 20.8. The van der Waals surface area contributed by atoms with Crippen LogP contribution in [0.5, 0.6) is 11.5 Å². The fourth-order valence-electron chi connectivity index (χ4n) is 3.54. The van der Waals surface area contributed by atoms with Crippen LogP contribution < -0.4 is 10.1 Å². The molecule has 4 aromatic rings. The maximum Gasteiger partial charge on any atom is 0.268 e. The quantitative estimate of drug-likeness (QED) is 0.328. The van der Waals surface area contributed by atoms with E-state index in [1.165, 1.54) is 30.3 Å². The van der Waals surface area contributed by atoms with Crippen LogP contribution in [-0.2, 0) is 6.54 Å². The molecule has 0 aliphatic rings. The summed E-state index contributed by atoms with van der Waals surface area (Å²) in [6, 6.07) is 15.1. The second-order valence-corrected chi connectivity index (χ2v) is 8.44. The maximum absolute atomic E-state index is 15.2. The molecule has 5 nitrogen and oxygen atoms in total. The van der Waals surface area contributed by atoms with Gasteiger partial charge in [-0.3, -0.25) is 4.79 Å². The highest BCUT2D eigenvalue weighted by molar-refractivity contribution is 6.32. The number of nitrogens with one attached hydrogen (secondary N) is 2. The number of aromatic nitrogens is 1. The Balaban J connectivity index is 1.56. The van der Waals surface area contributed by atoms with Gasteiger partial charge in [-0.25, -0.2) is 4.39 Å². The molecule has 0 aliphatic heterocycles. The van der Waals surface area contributed by atoms with Crippen LogP contribution in [0.1, 0.15) is 32.7 Å². The van der Waals surface area contributed by atoms with E-state index < -0.39 is 5.82 Å². The minimum Gasteiger partial charge on any atom is -0.453 e. The average molecular weight is 482 g/mol. The minimum atomic E-state index is -0.717. The Bertz CT molecular complexity index is 1440. The average Bonchev–Trinajstić information content (AvgIpc) is 3.11. The van der Waals surface area contributed by atoms with E-state index in [1.807, 2.05) is 38.1 Å². The topological polar surface area (TPSA) is 77.9 Å². The Morgan fingerprint density at radius 3 is 2.70 bits per heavy atom. The third-order valence-corrected chi connectivity index (χ3v) is 5.75. The molecule has 0 aliphatic carbocycles. The normalized spacial score (nSPS) is 10.8. The number of aromatic amines is 1. The SMILES string of the molecule is Cc1ccc2[nH]c(C(=O)NCc3ccc(Cl)c(Oc4cc(Cl)cc(C#N)c4)c3F)c(C)c2c1. The molecule has 0 saturated carbocycles. The van der Waals surface area contributed by atoms with Crippen LogP contribution >= 0.6 is 23.2 Å². The van der Waals surface area contributed by atoms with Crippen LogP contribution in [0.3, 0.4) is 0 Å². The van der Waals surface area contributed by atoms with Gasteiger partial charge in [0.1, 0.15) is 11.4 Å². The van der Waals surface area contributed by atoms with Crippen molar-refractivity contribution < 1.29 is 13.9 Å². The number of carbonyl (C=O) groups is 1. The number of fused-ring (bicyclic) bond motifs is 1. The van der Waals surface area contributed by atoms with Gasteiger partial charge in [0.15, 0.2) is 11.6 Å². The van der Waals surface area contributed by atoms with Crippen LogP contribution in [0.15, 0.2) is 48.5 Å². The Hall–Kier alpha value is -3.53. The number of H-pyrrole nitrogens is 1. The van der Waals surface area contributed by atoms with E-state index in [0.717, 1.165) is 22.0 Å². The lowest BCUT2D eigenvalue weighted by molar-refractivity contribution is 0.0945. The highest BCUT2D eigenvalue weighted by Gasteiger charge is 2.18. The molecular weight excluding hydrogens is 464 g/mol. The van der Waals surface area contributed by atoms with E-state index in [9.17, 15) is 4.79 Å². The predicted octanol–water partition coefficient (Wildman–Crippen LogP) is 6.82. The van der Waals surface area contributed by atoms with Crippen molar-refractivity contribution in [2.45, 2.75) is 20.4 Å². The first kappa shape index (κ1) is 22.7. The highest BCUT2D eigenvalue weighted by Crippen LogP contribution is 2.35. The summed E-state index contributed by atoms with van der Waals surface area (Å²) in [6.07, 6.45) is 0. The van der Waals surface area contributed by atoms with Crippen molar-refractivity contribution in [3.8, 4) is 17.6 Å². The summed E-state index contributed by atoms with van der Waals surface area (Å²) in [5.41, 5.74) is 3.64. The molecule has 3 aromatic carbocycles. The van der Waals surface area contributed by atoms with Crippen molar-refractivity contribution in [3.05, 3.63) is 92.3 Å². The van der Waals surface area contributed by atoms with Crippen molar-refractivity contribution in [1.82, 2.24) is 10.3 Å². The Labute approximate surface area is 199 Å². The molecule has 0 saturated heterocycles. The molecule has 1 amide bonds. The van der Waals surface area contributed by atoms with Crippen LogP contribution in [-0.4, -0.2) is 10.9 Å². The van der Waals surface area contributed by atoms with Gasteiger partial charge >= 0.3 is 0 Å². The molecule has 33 heavy (non-hydrogen) atoms. The van der Waals surface area contributed by atoms with E-state index in [1.54, 1.807) is 0 Å². The molecule has 8 heteroatoms. The molecule has 0 unspecified atom stereocenters. The van der Waals surface area contributed by atoms with Crippen molar-refractivity contribution in [3.63, 3.8) is 0 Å². The van der Waals surface area contributed by atoms with Gasteiger partial charge in [0, 0.05) is 28.0 Å². The number of amides is 1. The van der Waals surface area contributed by atoms with E-state index in [0.29, 0.717) is 5.69 Å². The van der Waals surface area contributed by atoms with E-state index in [-0.39, 0.29) is 45.1 Å². The van der Waals surface area contributed by atoms with Gasteiger partial charge < -0.3 is 15.0 Å². The van der Waals surface area contributed by atoms with E-state index >= 15 is 4.39 Å². The number of rotatable bonds is 5. The van der Waals surface area contributed by atoms with E-state index in [4.69, 9.17) is 33.2 Å². The van der Waals surface area contributed by atoms with Crippen molar-refractivity contribution >= 4 is 40.0 Å². The number of hydrogen-bond acceptors (Lipinski definition) is 3. The molecule has 0 spiro atoms. The smallest absolute Gasteiger partial charge is 0.268 e. The first-order chi connectivity index (χ1) is 15.8. The van der Waals surface area contributed by atoms with Gasteiger partial charge in [-0.2, -0.15) is 5.26 Å². The van der Waals surface area contributed by atoms with Gasteiger partial charge in [-0.1, -0.05) is 40.9 Å². The van der Waals surface area contributed by atoms with Crippen LogP contribution in [0.2, 0.25) is 10.0 Å². The number of nitrogens with zero attached hydrogens (tertiary/aromatic N) is 1. The van der Waals surface area contributed by atoms with Gasteiger partial charge in [0.05, 0.1) is 16.7 Å². The molecule has 0 radical (unpaired) electrons. The number of hydrogen-bond donors (Lipinski definition) is 2. The van der Waals surface area contributed by atoms with Gasteiger partial charge in [-0.05, 0) is 55.8 Å². The van der Waals surface area contributed by atoms with Gasteiger partial charge in [0.25, 0.3) is 5.91 Å². The zero-order valence-electron chi connectivity index (χ0n) is 17.7. The molecule has 166 valence electrons. The number of carbonyl (C=O) groups excluding carboxylic acids is 1. The monoisotopic (exact) mass is 481 g/mol. The first-order valence-electron chi connectivity index (χ1n) is 9.99. The highest BCUT2D eigenvalue weighted by atomic mass is 35.5. The lowest BCUT2D eigenvalue weighted by atomic mass is 10.1. The largest absolute Gasteiger partial charge is 0.453 e. The zero-order chi connectivity index (χ0) is 23.7. The molecule has 2 N–H and O–H groups in total. The van der Waals surface area contributed by atoms with Crippen LogP contribution in [0.25, 0.3) is 10.9 Å². The predicted molar refractivity (Wildman–Crippen MR) is 127 cm³/mol. The van der Waals surface area contributed by atoms with Crippen molar-refractivity contribution in [2.24, 2.45) is 0 Å². The van der Waals surface area contributed by atoms with E-state index in [2.05, 4.69) is 10.3 Å². The molecule has 1 heterocycles. The molecular formula is C25H18Cl2FN3O2. The summed E-state index contributed by atoms with van der Waals surface area (Å²) in [5.74, 6) is -1.12. The van der Waals surface area contributed by atoms with Gasteiger partial charge in [0.2, 0.25) is 0 Å². The van der Waals surface area contributed by atoms with Crippen molar-refractivity contribution in [2.75, 3.05) is 0 Å². The Morgan fingerprint density at radius 1 is 1.15 bits per heavy atom. The first-order valence-corrected chi connectivity index (χ1v) is 10.7. The number of halogens is 3. The molecule has 4 rings (SSSR count). The summed E-state index contributed by atoms with van der Waals surface area (Å²) in [5, 5.41) is 13.1. The van der Waals surface area contributed by atoms with Crippen LogP contribution in [0, 0.1) is 31.0 Å². The Kier molecular flexibility index (Phi) is 6.28. The standard InChI is InChI=1S/C25H18Cl2FN3O2/c1-13-3-6-21-19(7-13)14(2)23(31-21)25(32)30-12-16-4-5-20(27)24(22(16)28)33-18-9-15(11-29)8-17(26)10-18/h3-10,31H,12H2,1-2H3,(H,30,32). The van der Waals surface area contributed by atoms with Gasteiger partial charge in [-0.15, -0.1) is 0 Å². The lowest BCUT2D eigenvalue weighted by Crippen LogP contribution is -2.24. The second-order valence-electron chi connectivity index (χ2n) is 7.60. The minimum absolute atomic E-state index is 0.0443. The molecule has 0 atom stereocenters. The number of aryl methyl sites for hydroxylation is 2. The molecule has 0 bridgehead atoms. The fraction of sp³-hybridized carbons (Fsp3) is 0.120. The number of benzene rings is 3. The number of nitriles is 1. The fourth-order valence-corrected chi connectivity index (χ4v) is 3.95. The second kappa shape index (κ2) is 9.14. The maximum atomic E-state index is 15.2. The third kappa shape index (κ3) is 4.65. The lowest BCUT2D eigenvalue weighted by Gasteiger charge is -2.13.